The molecule has 0 spiro atoms. The molecule has 0 N–H and O–H groups in total. The van der Waals surface area contributed by atoms with E-state index >= 15 is 0 Å². The highest BCUT2D eigenvalue weighted by molar-refractivity contribution is 6.61. The van der Waals surface area contributed by atoms with Crippen molar-refractivity contribution in [2.24, 2.45) is 5.92 Å². The molecule has 0 aliphatic rings. The molecule has 0 bridgehead atoms. The van der Waals surface area contributed by atoms with Crippen LogP contribution in [0.4, 0.5) is 4.79 Å². The Balaban J connectivity index is 4.40. The molecule has 0 aliphatic heterocycles. The highest BCUT2D eigenvalue weighted by Gasteiger charge is 2.29. The molecular formula is C9H17Cl2NO3. The monoisotopic (exact) mass is 257 g/mol. The Kier molecular flexibility index (Phi) is 7.26. The SMILES string of the molecule is CCOC(Cl)C(C)C(OC(=O)Cl)N(C)C. The average molecular weight is 258 g/mol. The average Bonchev–Trinajstić information content (AvgIpc) is 2.12. The summed E-state index contributed by atoms with van der Waals surface area (Å²) in [5.41, 5.74) is -1.36. The van der Waals surface area contributed by atoms with E-state index in [9.17, 15) is 4.79 Å². The smallest absolute Gasteiger partial charge is 0.405 e. The molecule has 0 aromatic carbocycles. The van der Waals surface area contributed by atoms with Crippen LogP contribution in [0.25, 0.3) is 0 Å². The van der Waals surface area contributed by atoms with Gasteiger partial charge in [-0.3, -0.25) is 4.90 Å². The maximum absolute atomic E-state index is 10.7. The van der Waals surface area contributed by atoms with Gasteiger partial charge in [-0.1, -0.05) is 18.5 Å². The van der Waals surface area contributed by atoms with Crippen LogP contribution in [0.2, 0.25) is 0 Å². The molecule has 0 saturated carbocycles. The highest BCUT2D eigenvalue weighted by atomic mass is 35.5. The molecule has 0 aromatic rings. The van der Waals surface area contributed by atoms with Crippen LogP contribution in [0.5, 0.6) is 0 Å². The number of alkyl halides is 1. The van der Waals surface area contributed by atoms with Crippen molar-refractivity contribution in [3.05, 3.63) is 0 Å². The van der Waals surface area contributed by atoms with Crippen LogP contribution in [-0.4, -0.2) is 42.8 Å². The maximum Gasteiger partial charge on any atom is 0.405 e. The fourth-order valence-electron chi connectivity index (χ4n) is 1.22. The minimum Gasteiger partial charge on any atom is -0.434 e. The van der Waals surface area contributed by atoms with Gasteiger partial charge in [0.2, 0.25) is 0 Å². The van der Waals surface area contributed by atoms with Crippen LogP contribution in [0.3, 0.4) is 0 Å². The fraction of sp³-hybridized carbons (Fsp3) is 0.889. The van der Waals surface area contributed by atoms with Crippen molar-refractivity contribution in [2.45, 2.75) is 25.6 Å². The Morgan fingerprint density at radius 1 is 1.47 bits per heavy atom. The number of hydrogen-bond donors (Lipinski definition) is 0. The number of nitrogens with zero attached hydrogens (tertiary/aromatic N) is 1. The fourth-order valence-corrected chi connectivity index (χ4v) is 1.56. The number of carbonyl (C=O) groups excluding carboxylic acids is 1. The molecule has 3 unspecified atom stereocenters. The second kappa shape index (κ2) is 7.28. The van der Waals surface area contributed by atoms with Gasteiger partial charge in [0.05, 0.1) is 0 Å². The van der Waals surface area contributed by atoms with Crippen LogP contribution in [0.15, 0.2) is 0 Å². The summed E-state index contributed by atoms with van der Waals surface area (Å²) in [4.78, 5) is 12.4. The van der Waals surface area contributed by atoms with E-state index in [1.165, 1.54) is 0 Å². The lowest BCUT2D eigenvalue weighted by Crippen LogP contribution is -2.41. The minimum absolute atomic E-state index is 0.177. The first-order valence-electron chi connectivity index (χ1n) is 4.68. The molecule has 15 heavy (non-hydrogen) atoms. The van der Waals surface area contributed by atoms with Gasteiger partial charge in [-0.25, -0.2) is 4.79 Å². The molecule has 3 atom stereocenters. The lowest BCUT2D eigenvalue weighted by molar-refractivity contribution is -0.0499. The molecule has 6 heteroatoms. The lowest BCUT2D eigenvalue weighted by Gasteiger charge is -2.30. The van der Waals surface area contributed by atoms with E-state index < -0.39 is 17.2 Å². The van der Waals surface area contributed by atoms with Crippen LogP contribution >= 0.6 is 23.2 Å². The molecule has 0 fully saturated rings. The molecule has 4 nitrogen and oxygen atoms in total. The van der Waals surface area contributed by atoms with Gasteiger partial charge in [0.15, 0.2) is 6.23 Å². The topological polar surface area (TPSA) is 38.8 Å². The maximum atomic E-state index is 10.7. The summed E-state index contributed by atoms with van der Waals surface area (Å²) < 4.78 is 10.1. The third-order valence-corrected chi connectivity index (χ3v) is 2.52. The van der Waals surface area contributed by atoms with Crippen LogP contribution in [-0.2, 0) is 9.47 Å². The normalized spacial score (nSPS) is 17.3. The number of halogens is 2. The zero-order chi connectivity index (χ0) is 12.0. The number of rotatable bonds is 6. The van der Waals surface area contributed by atoms with E-state index in [1.807, 2.05) is 13.8 Å². The van der Waals surface area contributed by atoms with Crippen molar-refractivity contribution in [3.63, 3.8) is 0 Å². The van der Waals surface area contributed by atoms with E-state index in [0.29, 0.717) is 6.61 Å². The highest BCUT2D eigenvalue weighted by Crippen LogP contribution is 2.20. The van der Waals surface area contributed by atoms with Crippen LogP contribution in [0.1, 0.15) is 13.8 Å². The molecular weight excluding hydrogens is 241 g/mol. The summed E-state index contributed by atoms with van der Waals surface area (Å²) in [7, 11) is 3.55. The summed E-state index contributed by atoms with van der Waals surface area (Å²) in [6.07, 6.45) is -0.496. The standard InChI is InChI=1S/C9H17Cl2NO3/c1-5-14-7(10)6(2)8(12(3)4)15-9(11)13/h6-8H,5H2,1-4H3. The molecule has 0 aliphatic carbocycles. The molecule has 0 aromatic heterocycles. The van der Waals surface area contributed by atoms with Gasteiger partial charge in [0.25, 0.3) is 0 Å². The van der Waals surface area contributed by atoms with Gasteiger partial charge < -0.3 is 9.47 Å². The van der Waals surface area contributed by atoms with Gasteiger partial charge in [-0.05, 0) is 21.0 Å². The molecule has 0 radical (unpaired) electrons. The third kappa shape index (κ3) is 5.56. The van der Waals surface area contributed by atoms with Crippen molar-refractivity contribution < 1.29 is 14.3 Å². The second-order valence-electron chi connectivity index (χ2n) is 3.38. The van der Waals surface area contributed by atoms with E-state index in [-0.39, 0.29) is 5.92 Å². The van der Waals surface area contributed by atoms with Crippen molar-refractivity contribution in [2.75, 3.05) is 20.7 Å². The lowest BCUT2D eigenvalue weighted by atomic mass is 10.1. The van der Waals surface area contributed by atoms with Gasteiger partial charge in [0.1, 0.15) is 5.56 Å². The summed E-state index contributed by atoms with van der Waals surface area (Å²) in [5.74, 6) is -0.177. The number of carbonyl (C=O) groups is 1. The summed E-state index contributed by atoms with van der Waals surface area (Å²) in [6, 6.07) is 0. The van der Waals surface area contributed by atoms with Crippen molar-refractivity contribution in [3.8, 4) is 0 Å². The van der Waals surface area contributed by atoms with Crippen LogP contribution in [0, 0.1) is 5.92 Å². The van der Waals surface area contributed by atoms with E-state index in [1.54, 1.807) is 19.0 Å². The van der Waals surface area contributed by atoms with Crippen molar-refractivity contribution >= 4 is 28.6 Å². The zero-order valence-corrected chi connectivity index (χ0v) is 10.9. The van der Waals surface area contributed by atoms with E-state index in [0.717, 1.165) is 0 Å². The van der Waals surface area contributed by atoms with Crippen molar-refractivity contribution in [1.29, 1.82) is 0 Å². The number of ether oxygens (including phenoxy) is 2. The zero-order valence-electron chi connectivity index (χ0n) is 9.37. The summed E-state index contributed by atoms with van der Waals surface area (Å²) in [6.45, 7) is 4.19. The molecule has 0 heterocycles. The third-order valence-electron chi connectivity index (χ3n) is 1.91. The predicted molar refractivity (Wildman–Crippen MR) is 60.2 cm³/mol. The van der Waals surface area contributed by atoms with E-state index in [4.69, 9.17) is 32.7 Å². The number of hydrogen-bond acceptors (Lipinski definition) is 4. The molecule has 90 valence electrons. The summed E-state index contributed by atoms with van der Waals surface area (Å²) >= 11 is 11.1. The second-order valence-corrected chi connectivity index (χ2v) is 4.11. The predicted octanol–water partition coefficient (Wildman–Crippen LogP) is 2.49. The van der Waals surface area contributed by atoms with E-state index in [2.05, 4.69) is 0 Å². The first-order chi connectivity index (χ1) is 6.90. The molecule has 0 saturated heterocycles. The Bertz CT molecular complexity index is 202. The van der Waals surface area contributed by atoms with Crippen molar-refractivity contribution in [1.82, 2.24) is 4.90 Å². The summed E-state index contributed by atoms with van der Waals surface area (Å²) in [5, 5.41) is 0. The first-order valence-corrected chi connectivity index (χ1v) is 5.49. The first kappa shape index (κ1) is 15.0. The Morgan fingerprint density at radius 2 is 2.00 bits per heavy atom. The quantitative estimate of drug-likeness (QED) is 0.417. The Morgan fingerprint density at radius 3 is 2.33 bits per heavy atom. The van der Waals surface area contributed by atoms with Crippen LogP contribution < -0.4 is 0 Å². The molecule has 0 rings (SSSR count). The Labute approximate surface area is 100 Å². The largest absolute Gasteiger partial charge is 0.434 e. The van der Waals surface area contributed by atoms with Gasteiger partial charge in [-0.2, -0.15) is 0 Å². The van der Waals surface area contributed by atoms with Gasteiger partial charge in [-0.15, -0.1) is 0 Å². The molecule has 0 amide bonds. The van der Waals surface area contributed by atoms with Gasteiger partial charge in [0, 0.05) is 24.1 Å². The minimum atomic E-state index is -0.846. The Hall–Kier alpha value is -0.0300. The van der Waals surface area contributed by atoms with Gasteiger partial charge >= 0.3 is 5.43 Å².